The normalized spacial score (nSPS) is 12.8. The monoisotopic (exact) mass is 439 g/mol. The van der Waals surface area contributed by atoms with Gasteiger partial charge in [-0.2, -0.15) is 0 Å². The molecule has 2 N–H and O–H groups in total. The van der Waals surface area contributed by atoms with Crippen molar-refractivity contribution in [1.82, 2.24) is 0 Å². The highest BCUT2D eigenvalue weighted by Crippen LogP contribution is 2.39. The van der Waals surface area contributed by atoms with Crippen molar-refractivity contribution < 1.29 is 14.5 Å². The molecule has 0 amide bonds. The van der Waals surface area contributed by atoms with Gasteiger partial charge in [0.25, 0.3) is 5.69 Å². The molecule has 0 unspecified atom stereocenters. The summed E-state index contributed by atoms with van der Waals surface area (Å²) in [6.07, 6.45) is 3.87. The highest BCUT2D eigenvalue weighted by molar-refractivity contribution is 7.80. The summed E-state index contributed by atoms with van der Waals surface area (Å²) in [7, 11) is 0. The lowest BCUT2D eigenvalue weighted by atomic mass is 9.95. The maximum absolute atomic E-state index is 12.5. The summed E-state index contributed by atoms with van der Waals surface area (Å²) < 4.78 is 5.22. The first kappa shape index (κ1) is 20.5. The molecule has 0 saturated heterocycles. The third kappa shape index (κ3) is 4.43. The van der Waals surface area contributed by atoms with E-state index in [2.05, 4.69) is 10.6 Å². The number of nitrogens with zero attached hydrogens (tertiary/aromatic N) is 1. The van der Waals surface area contributed by atoms with E-state index < -0.39 is 4.92 Å². The van der Waals surface area contributed by atoms with Crippen molar-refractivity contribution in [3.8, 4) is 0 Å². The number of non-ortho nitro benzene ring substituents is 1. The van der Waals surface area contributed by atoms with Crippen LogP contribution in [-0.4, -0.2) is 22.6 Å². The van der Waals surface area contributed by atoms with Crippen molar-refractivity contribution in [2.75, 3.05) is 17.2 Å². The van der Waals surface area contributed by atoms with E-state index in [0.29, 0.717) is 21.3 Å². The Morgan fingerprint density at radius 1 is 1.36 bits per heavy atom. The highest BCUT2D eigenvalue weighted by atomic mass is 35.5. The number of carbonyl (C=O) groups is 1. The second-order valence-corrected chi connectivity index (χ2v) is 8.06. The number of nitro benzene ring substituents is 1. The molecule has 148 valence electrons. The van der Waals surface area contributed by atoms with Gasteiger partial charge in [0.15, 0.2) is 5.11 Å². The van der Waals surface area contributed by atoms with E-state index in [4.69, 9.17) is 28.6 Å². The number of hydrogen-bond acceptors (Lipinski definition) is 6. The van der Waals surface area contributed by atoms with Gasteiger partial charge in [-0.05, 0) is 56.5 Å². The zero-order valence-electron chi connectivity index (χ0n) is 15.0. The smallest absolute Gasteiger partial charge is 0.341 e. The number of rotatable bonds is 5. The summed E-state index contributed by atoms with van der Waals surface area (Å²) in [4.78, 5) is 24.1. The molecular weight excluding hydrogens is 422 g/mol. The van der Waals surface area contributed by atoms with Gasteiger partial charge in [-0.15, -0.1) is 11.3 Å². The Balaban J connectivity index is 1.84. The van der Waals surface area contributed by atoms with Crippen LogP contribution in [0.2, 0.25) is 5.02 Å². The third-order valence-corrected chi connectivity index (χ3v) is 6.03. The van der Waals surface area contributed by atoms with Gasteiger partial charge in [0.2, 0.25) is 0 Å². The first-order valence-corrected chi connectivity index (χ1v) is 10.3. The Morgan fingerprint density at radius 3 is 2.82 bits per heavy atom. The van der Waals surface area contributed by atoms with Gasteiger partial charge >= 0.3 is 5.97 Å². The molecular formula is C18H18ClN3O4S2. The summed E-state index contributed by atoms with van der Waals surface area (Å²) in [5.41, 5.74) is 1.75. The number of ether oxygens (including phenoxy) is 1. The molecule has 28 heavy (non-hydrogen) atoms. The molecule has 10 heteroatoms. The topological polar surface area (TPSA) is 93.5 Å². The zero-order valence-corrected chi connectivity index (χ0v) is 17.4. The summed E-state index contributed by atoms with van der Waals surface area (Å²) >= 11 is 12.9. The maximum atomic E-state index is 12.5. The van der Waals surface area contributed by atoms with Crippen LogP contribution in [0.1, 0.15) is 40.6 Å². The molecule has 3 rings (SSSR count). The van der Waals surface area contributed by atoms with E-state index in [1.165, 1.54) is 29.5 Å². The van der Waals surface area contributed by atoms with Crippen LogP contribution < -0.4 is 10.6 Å². The molecule has 0 radical (unpaired) electrons. The van der Waals surface area contributed by atoms with Gasteiger partial charge in [0.1, 0.15) is 5.00 Å². The molecule has 0 atom stereocenters. The maximum Gasteiger partial charge on any atom is 0.341 e. The van der Waals surface area contributed by atoms with E-state index in [1.54, 1.807) is 6.92 Å². The molecule has 2 aromatic rings. The van der Waals surface area contributed by atoms with E-state index >= 15 is 0 Å². The van der Waals surface area contributed by atoms with Crippen LogP contribution in [0.5, 0.6) is 0 Å². The van der Waals surface area contributed by atoms with Gasteiger partial charge < -0.3 is 15.4 Å². The minimum atomic E-state index is -0.510. The lowest BCUT2D eigenvalue weighted by molar-refractivity contribution is -0.384. The summed E-state index contributed by atoms with van der Waals surface area (Å²) in [6.45, 7) is 2.05. The van der Waals surface area contributed by atoms with Crippen LogP contribution in [0.4, 0.5) is 16.4 Å². The van der Waals surface area contributed by atoms with Crippen LogP contribution in [0, 0.1) is 10.1 Å². The summed E-state index contributed by atoms with van der Waals surface area (Å²) in [5.74, 6) is -0.374. The van der Waals surface area contributed by atoms with E-state index in [0.717, 1.165) is 36.1 Å². The summed E-state index contributed by atoms with van der Waals surface area (Å²) in [6, 6.07) is 4.05. The highest BCUT2D eigenvalue weighted by Gasteiger charge is 2.27. The fourth-order valence-electron chi connectivity index (χ4n) is 3.05. The van der Waals surface area contributed by atoms with Crippen molar-refractivity contribution >= 4 is 62.6 Å². The number of carbonyl (C=O) groups excluding carboxylic acids is 1. The zero-order chi connectivity index (χ0) is 20.3. The lowest BCUT2D eigenvalue weighted by Gasteiger charge is -2.13. The SMILES string of the molecule is CCOC(=O)c1c(NC(=S)Nc2cc([N+](=O)[O-])ccc2Cl)sc2c1CCCC2. The molecule has 7 nitrogen and oxygen atoms in total. The minimum Gasteiger partial charge on any atom is -0.462 e. The first-order valence-electron chi connectivity index (χ1n) is 8.74. The standard InChI is InChI=1S/C18H18ClN3O4S2/c1-2-26-17(23)15-11-5-3-4-6-14(11)28-16(15)21-18(27)20-13-9-10(22(24)25)7-8-12(13)19/h7-9H,2-6H2,1H3,(H2,20,21,27). The number of aryl methyl sites for hydroxylation is 1. The van der Waals surface area contributed by atoms with Crippen LogP contribution >= 0.6 is 35.2 Å². The fraction of sp³-hybridized carbons (Fsp3) is 0.333. The quantitative estimate of drug-likeness (QED) is 0.287. The molecule has 0 spiro atoms. The van der Waals surface area contributed by atoms with Crippen molar-refractivity contribution in [1.29, 1.82) is 0 Å². The van der Waals surface area contributed by atoms with E-state index in [9.17, 15) is 14.9 Å². The molecule has 1 aliphatic rings. The number of anilines is 2. The van der Waals surface area contributed by atoms with E-state index in [1.807, 2.05) is 0 Å². The van der Waals surface area contributed by atoms with E-state index in [-0.39, 0.29) is 23.4 Å². The van der Waals surface area contributed by atoms with Crippen molar-refractivity contribution in [3.63, 3.8) is 0 Å². The second-order valence-electron chi connectivity index (χ2n) is 6.14. The van der Waals surface area contributed by atoms with Crippen LogP contribution in [0.15, 0.2) is 18.2 Å². The molecule has 1 aromatic heterocycles. The average molecular weight is 440 g/mol. The summed E-state index contributed by atoms with van der Waals surface area (Å²) in [5, 5.41) is 18.0. The molecule has 0 bridgehead atoms. The Bertz CT molecular complexity index is 945. The average Bonchev–Trinajstić information content (AvgIpc) is 3.01. The van der Waals surface area contributed by atoms with Crippen LogP contribution in [-0.2, 0) is 17.6 Å². The predicted octanol–water partition coefficient (Wildman–Crippen LogP) is 5.17. The number of nitro groups is 1. The number of thiocarbonyl (C=S) groups is 1. The largest absolute Gasteiger partial charge is 0.462 e. The first-order chi connectivity index (χ1) is 13.4. The number of benzene rings is 1. The minimum absolute atomic E-state index is 0.103. The van der Waals surface area contributed by atoms with Gasteiger partial charge in [0.05, 0.1) is 27.8 Å². The van der Waals surface area contributed by atoms with Crippen LogP contribution in [0.25, 0.3) is 0 Å². The fourth-order valence-corrected chi connectivity index (χ4v) is 4.78. The number of hydrogen-bond donors (Lipinski definition) is 2. The second kappa shape index (κ2) is 8.85. The third-order valence-electron chi connectivity index (χ3n) is 4.29. The number of fused-ring (bicyclic) bond motifs is 1. The Morgan fingerprint density at radius 2 is 2.11 bits per heavy atom. The molecule has 0 aliphatic heterocycles. The number of nitrogens with one attached hydrogen (secondary N) is 2. The van der Waals surface area contributed by atoms with Gasteiger partial charge in [-0.3, -0.25) is 10.1 Å². The predicted molar refractivity (Wildman–Crippen MR) is 115 cm³/mol. The van der Waals surface area contributed by atoms with Gasteiger partial charge in [-0.25, -0.2) is 4.79 Å². The lowest BCUT2D eigenvalue weighted by Crippen LogP contribution is -2.21. The number of thiophene rings is 1. The van der Waals surface area contributed by atoms with Crippen LogP contribution in [0.3, 0.4) is 0 Å². The number of esters is 1. The molecule has 1 heterocycles. The Hall–Kier alpha value is -2.23. The van der Waals surface area contributed by atoms with Gasteiger partial charge in [-0.1, -0.05) is 11.6 Å². The molecule has 1 aromatic carbocycles. The Labute approximate surface area is 176 Å². The van der Waals surface area contributed by atoms with Crippen molar-refractivity contribution in [3.05, 3.63) is 49.3 Å². The Kier molecular flexibility index (Phi) is 6.48. The molecule has 0 saturated carbocycles. The van der Waals surface area contributed by atoms with Crippen molar-refractivity contribution in [2.24, 2.45) is 0 Å². The number of halogens is 1. The molecule has 0 fully saturated rings. The van der Waals surface area contributed by atoms with Crippen molar-refractivity contribution in [2.45, 2.75) is 32.6 Å². The van der Waals surface area contributed by atoms with Gasteiger partial charge in [0, 0.05) is 17.0 Å². The molecule has 1 aliphatic carbocycles.